The first kappa shape index (κ1) is 18.9. The molecule has 8 nitrogen and oxygen atoms in total. The van der Waals surface area contributed by atoms with E-state index in [1.807, 2.05) is 27.8 Å². The molecule has 9 heteroatoms. The third kappa shape index (κ3) is 4.08. The van der Waals surface area contributed by atoms with E-state index in [4.69, 9.17) is 4.74 Å². The number of rotatable bonds is 3. The number of piperidine rings is 1. The van der Waals surface area contributed by atoms with Gasteiger partial charge in [-0.1, -0.05) is 0 Å². The number of carbonyl (C=O) groups is 1. The van der Waals surface area contributed by atoms with E-state index in [9.17, 15) is 4.79 Å². The van der Waals surface area contributed by atoms with Crippen molar-refractivity contribution in [1.29, 1.82) is 0 Å². The van der Waals surface area contributed by atoms with Gasteiger partial charge in [-0.05, 0) is 56.0 Å². The number of fused-ring (bicyclic) bond motifs is 1. The van der Waals surface area contributed by atoms with Gasteiger partial charge in [0.25, 0.3) is 0 Å². The molecule has 0 aliphatic carbocycles. The largest absolute Gasteiger partial charge is 0.444 e. The summed E-state index contributed by atoms with van der Waals surface area (Å²) >= 11 is 3.52. The summed E-state index contributed by atoms with van der Waals surface area (Å²) in [5.74, 6) is 0.852. The summed E-state index contributed by atoms with van der Waals surface area (Å²) in [6.45, 7) is 6.97. The highest BCUT2D eigenvalue weighted by molar-refractivity contribution is 9.10. The SMILES string of the molecule is Cn1nc(Br)c2c(N3CCCCC3CNC(=O)OC(C)(C)C)ncnc21. The Kier molecular flexibility index (Phi) is 5.36. The van der Waals surface area contributed by atoms with E-state index in [2.05, 4.69) is 41.2 Å². The van der Waals surface area contributed by atoms with Gasteiger partial charge in [-0.3, -0.25) is 0 Å². The summed E-state index contributed by atoms with van der Waals surface area (Å²) in [6, 6.07) is 0.154. The maximum atomic E-state index is 12.0. The van der Waals surface area contributed by atoms with E-state index >= 15 is 0 Å². The normalized spacial score (nSPS) is 18.2. The molecule has 1 unspecified atom stereocenters. The molecular weight excluding hydrogens is 400 g/mol. The molecule has 1 N–H and O–H groups in total. The van der Waals surface area contributed by atoms with E-state index in [0.717, 1.165) is 47.3 Å². The lowest BCUT2D eigenvalue weighted by Gasteiger charge is -2.37. The van der Waals surface area contributed by atoms with E-state index < -0.39 is 11.7 Å². The number of amides is 1. The van der Waals surface area contributed by atoms with Crippen LogP contribution in [-0.4, -0.2) is 50.6 Å². The molecule has 1 amide bonds. The summed E-state index contributed by atoms with van der Waals surface area (Å²) in [6.07, 6.45) is 4.38. The van der Waals surface area contributed by atoms with Gasteiger partial charge in [-0.15, -0.1) is 0 Å². The van der Waals surface area contributed by atoms with Crippen molar-refractivity contribution in [3.63, 3.8) is 0 Å². The lowest BCUT2D eigenvalue weighted by molar-refractivity contribution is 0.0523. The molecule has 1 fully saturated rings. The number of nitrogens with one attached hydrogen (secondary N) is 1. The fraction of sp³-hybridized carbons (Fsp3) is 0.647. The van der Waals surface area contributed by atoms with Crippen LogP contribution in [0.5, 0.6) is 0 Å². The molecule has 0 spiro atoms. The van der Waals surface area contributed by atoms with Gasteiger partial charge in [0, 0.05) is 26.2 Å². The first-order valence-corrected chi connectivity index (χ1v) is 9.62. The van der Waals surface area contributed by atoms with Gasteiger partial charge in [0.1, 0.15) is 22.3 Å². The molecular formula is C17H25BrN6O2. The average molecular weight is 425 g/mol. The Morgan fingerprint density at radius 1 is 1.38 bits per heavy atom. The minimum atomic E-state index is -0.504. The molecule has 1 aliphatic heterocycles. The first-order valence-electron chi connectivity index (χ1n) is 8.83. The molecule has 142 valence electrons. The smallest absolute Gasteiger partial charge is 0.407 e. The van der Waals surface area contributed by atoms with Crippen LogP contribution >= 0.6 is 15.9 Å². The Hall–Kier alpha value is -1.90. The number of carbonyl (C=O) groups excluding carboxylic acids is 1. The standard InChI is InChI=1S/C17H25BrN6O2/c1-17(2,3)26-16(25)19-9-11-7-5-6-8-24(11)15-12-13(18)22-23(4)14(12)20-10-21-15/h10-11H,5-9H2,1-4H3,(H,19,25). The van der Waals surface area contributed by atoms with Gasteiger partial charge >= 0.3 is 6.09 Å². The number of hydrogen-bond acceptors (Lipinski definition) is 6. The van der Waals surface area contributed by atoms with Gasteiger partial charge < -0.3 is 15.0 Å². The van der Waals surface area contributed by atoms with Gasteiger partial charge in [0.15, 0.2) is 5.65 Å². The lowest BCUT2D eigenvalue weighted by Crippen LogP contribution is -2.48. The highest BCUT2D eigenvalue weighted by Gasteiger charge is 2.28. The van der Waals surface area contributed by atoms with Gasteiger partial charge in [0.05, 0.1) is 5.39 Å². The van der Waals surface area contributed by atoms with E-state index in [1.54, 1.807) is 11.0 Å². The van der Waals surface area contributed by atoms with Crippen LogP contribution in [0.1, 0.15) is 40.0 Å². The Morgan fingerprint density at radius 2 is 2.15 bits per heavy atom. The zero-order chi connectivity index (χ0) is 18.9. The molecule has 26 heavy (non-hydrogen) atoms. The van der Waals surface area contributed by atoms with Crippen molar-refractivity contribution in [3.8, 4) is 0 Å². The molecule has 1 aliphatic rings. The molecule has 1 saturated heterocycles. The molecule has 0 bridgehead atoms. The maximum absolute atomic E-state index is 12.0. The zero-order valence-electron chi connectivity index (χ0n) is 15.6. The third-order valence-electron chi connectivity index (χ3n) is 4.34. The van der Waals surface area contributed by atoms with Crippen LogP contribution in [-0.2, 0) is 11.8 Å². The Labute approximate surface area is 161 Å². The Balaban J connectivity index is 1.81. The van der Waals surface area contributed by atoms with Crippen LogP contribution in [0.4, 0.5) is 10.6 Å². The molecule has 0 aromatic carbocycles. The van der Waals surface area contributed by atoms with Crippen molar-refractivity contribution >= 4 is 38.9 Å². The number of hydrogen-bond donors (Lipinski definition) is 1. The van der Waals surface area contributed by atoms with Gasteiger partial charge in [-0.2, -0.15) is 5.10 Å². The van der Waals surface area contributed by atoms with Gasteiger partial charge in [-0.25, -0.2) is 19.4 Å². The number of aryl methyl sites for hydroxylation is 1. The zero-order valence-corrected chi connectivity index (χ0v) is 17.2. The predicted octanol–water partition coefficient (Wildman–Crippen LogP) is 3.01. The van der Waals surface area contributed by atoms with Crippen LogP contribution in [0.2, 0.25) is 0 Å². The summed E-state index contributed by atoms with van der Waals surface area (Å²) in [7, 11) is 1.86. The van der Waals surface area contributed by atoms with Crippen molar-refractivity contribution in [2.24, 2.45) is 7.05 Å². The minimum Gasteiger partial charge on any atom is -0.444 e. The number of anilines is 1. The average Bonchev–Trinajstić information content (AvgIpc) is 2.86. The van der Waals surface area contributed by atoms with Crippen molar-refractivity contribution < 1.29 is 9.53 Å². The molecule has 2 aromatic heterocycles. The predicted molar refractivity (Wildman–Crippen MR) is 103 cm³/mol. The lowest BCUT2D eigenvalue weighted by atomic mass is 10.0. The molecule has 0 saturated carbocycles. The second-order valence-corrected chi connectivity index (χ2v) is 8.29. The highest BCUT2D eigenvalue weighted by atomic mass is 79.9. The quantitative estimate of drug-likeness (QED) is 0.814. The fourth-order valence-corrected chi connectivity index (χ4v) is 3.84. The second kappa shape index (κ2) is 7.38. The Bertz CT molecular complexity index is 800. The number of ether oxygens (including phenoxy) is 1. The van der Waals surface area contributed by atoms with Crippen LogP contribution in [0.15, 0.2) is 10.9 Å². The number of nitrogens with zero attached hydrogens (tertiary/aromatic N) is 5. The van der Waals surface area contributed by atoms with Crippen molar-refractivity contribution in [2.45, 2.75) is 51.7 Å². The minimum absolute atomic E-state index is 0.154. The van der Waals surface area contributed by atoms with Crippen molar-refractivity contribution in [1.82, 2.24) is 25.1 Å². The topological polar surface area (TPSA) is 85.2 Å². The summed E-state index contributed by atoms with van der Waals surface area (Å²) in [5.41, 5.74) is 0.279. The van der Waals surface area contributed by atoms with Crippen molar-refractivity contribution in [3.05, 3.63) is 10.9 Å². The van der Waals surface area contributed by atoms with Crippen LogP contribution in [0.3, 0.4) is 0 Å². The monoisotopic (exact) mass is 424 g/mol. The van der Waals surface area contributed by atoms with Crippen LogP contribution in [0, 0.1) is 0 Å². The number of halogens is 1. The first-order chi connectivity index (χ1) is 12.3. The molecule has 3 heterocycles. The second-order valence-electron chi connectivity index (χ2n) is 7.54. The molecule has 3 rings (SSSR count). The fourth-order valence-electron chi connectivity index (χ4n) is 3.25. The van der Waals surface area contributed by atoms with Gasteiger partial charge in [0.2, 0.25) is 0 Å². The molecule has 2 aromatic rings. The third-order valence-corrected chi connectivity index (χ3v) is 4.89. The highest BCUT2D eigenvalue weighted by Crippen LogP contribution is 2.32. The summed E-state index contributed by atoms with van der Waals surface area (Å²) in [5, 5.41) is 8.20. The van der Waals surface area contributed by atoms with E-state index in [0.29, 0.717) is 6.54 Å². The maximum Gasteiger partial charge on any atom is 0.407 e. The molecule has 1 atom stereocenters. The number of aromatic nitrogens is 4. The van der Waals surface area contributed by atoms with E-state index in [-0.39, 0.29) is 6.04 Å². The van der Waals surface area contributed by atoms with Crippen molar-refractivity contribution in [2.75, 3.05) is 18.0 Å². The summed E-state index contributed by atoms with van der Waals surface area (Å²) in [4.78, 5) is 23.1. The van der Waals surface area contributed by atoms with Crippen LogP contribution < -0.4 is 10.2 Å². The summed E-state index contributed by atoms with van der Waals surface area (Å²) < 4.78 is 7.82. The van der Waals surface area contributed by atoms with E-state index in [1.165, 1.54) is 0 Å². The van der Waals surface area contributed by atoms with Crippen LogP contribution in [0.25, 0.3) is 11.0 Å². The molecule has 0 radical (unpaired) electrons. The number of alkyl carbamates (subject to hydrolysis) is 1. The Morgan fingerprint density at radius 3 is 2.88 bits per heavy atom.